The summed E-state index contributed by atoms with van der Waals surface area (Å²) in [6, 6.07) is 14.2. The van der Waals surface area contributed by atoms with Crippen LogP contribution in [0.4, 0.5) is 5.82 Å². The average Bonchev–Trinajstić information content (AvgIpc) is 2.75. The number of hydrogen-bond donors (Lipinski definition) is 3. The number of anilines is 1. The molecule has 0 bridgehead atoms. The van der Waals surface area contributed by atoms with Crippen LogP contribution in [0.1, 0.15) is 28.7 Å². The average molecular weight is 465 g/mol. The smallest absolute Gasteiger partial charge is 0.325 e. The van der Waals surface area contributed by atoms with Crippen molar-refractivity contribution in [1.29, 1.82) is 0 Å². The molecule has 4 aromatic rings. The Balaban J connectivity index is 1.53. The summed E-state index contributed by atoms with van der Waals surface area (Å²) < 4.78 is 16.6. The lowest BCUT2D eigenvalue weighted by Crippen LogP contribution is -2.02. The van der Waals surface area contributed by atoms with Crippen LogP contribution in [0.3, 0.4) is 0 Å². The van der Waals surface area contributed by atoms with Gasteiger partial charge in [-0.15, -0.1) is 0 Å². The molecule has 0 aliphatic carbocycles. The fourth-order valence-corrected chi connectivity index (χ4v) is 4.64. The van der Waals surface area contributed by atoms with Crippen LogP contribution in [-0.4, -0.2) is 32.5 Å². The van der Waals surface area contributed by atoms with Gasteiger partial charge in [0.25, 0.3) is 0 Å². The summed E-state index contributed by atoms with van der Waals surface area (Å²) in [6.45, 7) is 4.36. The number of aryl methyl sites for hydroxylation is 4. The maximum Gasteiger partial charge on any atom is 0.325 e. The van der Waals surface area contributed by atoms with Gasteiger partial charge in [0.05, 0.1) is 18.3 Å². The van der Waals surface area contributed by atoms with Gasteiger partial charge in [-0.2, -0.15) is 0 Å². The van der Waals surface area contributed by atoms with Crippen molar-refractivity contribution >= 4 is 35.2 Å². The Hall–Kier alpha value is -2.99. The third kappa shape index (κ3) is 5.50. The fourth-order valence-electron chi connectivity index (χ4n) is 4.10. The van der Waals surface area contributed by atoms with Gasteiger partial charge >= 0.3 is 7.60 Å². The molecule has 0 amide bonds. The van der Waals surface area contributed by atoms with Crippen molar-refractivity contribution in [2.75, 3.05) is 18.5 Å². The molecular formula is C25H28N3O4P. The monoisotopic (exact) mass is 465 g/mol. The van der Waals surface area contributed by atoms with Crippen LogP contribution in [-0.2, 0) is 17.4 Å². The number of rotatable bonds is 8. The van der Waals surface area contributed by atoms with E-state index in [0.717, 1.165) is 45.8 Å². The fraction of sp³-hybridized carbons (Fsp3) is 0.280. The number of nitrogens with zero attached hydrogens (tertiary/aromatic N) is 2. The lowest BCUT2D eigenvalue weighted by molar-refractivity contribution is 0.309. The van der Waals surface area contributed by atoms with Crippen LogP contribution in [0.25, 0.3) is 21.8 Å². The van der Waals surface area contributed by atoms with Crippen molar-refractivity contribution in [2.45, 2.75) is 33.1 Å². The number of fused-ring (bicyclic) bond motifs is 3. The molecule has 0 radical (unpaired) electrons. The van der Waals surface area contributed by atoms with Gasteiger partial charge in [0.2, 0.25) is 0 Å². The zero-order valence-electron chi connectivity index (χ0n) is 18.8. The molecule has 2 heterocycles. The molecule has 4 rings (SSSR count). The Morgan fingerprint density at radius 1 is 1.03 bits per heavy atom. The maximum absolute atomic E-state index is 10.9. The van der Waals surface area contributed by atoms with E-state index in [2.05, 4.69) is 34.2 Å². The number of nitrogen functional groups attached to an aromatic ring is 1. The lowest BCUT2D eigenvalue weighted by Gasteiger charge is -2.13. The number of benzene rings is 2. The number of ether oxygens (including phenoxy) is 1. The summed E-state index contributed by atoms with van der Waals surface area (Å²) >= 11 is 0. The van der Waals surface area contributed by atoms with E-state index in [9.17, 15) is 4.57 Å². The van der Waals surface area contributed by atoms with Gasteiger partial charge in [0.1, 0.15) is 11.3 Å². The van der Waals surface area contributed by atoms with Gasteiger partial charge in [0.15, 0.2) is 5.82 Å². The molecule has 0 aliphatic rings. The van der Waals surface area contributed by atoms with Crippen molar-refractivity contribution < 1.29 is 19.1 Å². The molecule has 8 heteroatoms. The second kappa shape index (κ2) is 9.48. The maximum atomic E-state index is 10.9. The van der Waals surface area contributed by atoms with Crippen molar-refractivity contribution in [3.8, 4) is 5.75 Å². The zero-order chi connectivity index (χ0) is 23.6. The summed E-state index contributed by atoms with van der Waals surface area (Å²) in [5.74, 6) is 1.15. The van der Waals surface area contributed by atoms with E-state index in [1.165, 1.54) is 11.1 Å². The van der Waals surface area contributed by atoms with Gasteiger partial charge in [0, 0.05) is 17.0 Å². The molecule has 2 aromatic carbocycles. The highest BCUT2D eigenvalue weighted by Gasteiger charge is 2.13. The van der Waals surface area contributed by atoms with E-state index in [-0.39, 0.29) is 12.8 Å². The zero-order valence-corrected chi connectivity index (χ0v) is 19.7. The second-order valence-corrected chi connectivity index (χ2v) is 10.2. The van der Waals surface area contributed by atoms with Crippen molar-refractivity contribution in [3.63, 3.8) is 0 Å². The first-order valence-electron chi connectivity index (χ1n) is 10.9. The summed E-state index contributed by atoms with van der Waals surface area (Å²) in [7, 11) is -3.98. The van der Waals surface area contributed by atoms with E-state index in [0.29, 0.717) is 18.0 Å². The SMILES string of the molecule is Cc1ccc2c(c1)nc(N)c1nccc(CCc3ccc(OCCCP(=O)(O)O)cc3C)c12. The number of nitrogens with two attached hydrogens (primary N) is 1. The van der Waals surface area contributed by atoms with Gasteiger partial charge in [-0.25, -0.2) is 4.98 Å². The third-order valence-electron chi connectivity index (χ3n) is 5.78. The van der Waals surface area contributed by atoms with E-state index < -0.39 is 7.60 Å². The molecule has 0 aliphatic heterocycles. The summed E-state index contributed by atoms with van der Waals surface area (Å²) in [6.07, 6.45) is 3.61. The molecule has 7 nitrogen and oxygen atoms in total. The van der Waals surface area contributed by atoms with Gasteiger partial charge in [-0.05, 0) is 79.6 Å². The predicted octanol–water partition coefficient (Wildman–Crippen LogP) is 4.71. The van der Waals surface area contributed by atoms with Gasteiger partial charge < -0.3 is 20.3 Å². The molecule has 0 saturated carbocycles. The molecule has 172 valence electrons. The Morgan fingerprint density at radius 3 is 2.58 bits per heavy atom. The van der Waals surface area contributed by atoms with Crippen LogP contribution in [0.2, 0.25) is 0 Å². The van der Waals surface area contributed by atoms with Crippen LogP contribution in [0.5, 0.6) is 5.75 Å². The van der Waals surface area contributed by atoms with Crippen LogP contribution in [0.15, 0.2) is 48.7 Å². The third-order valence-corrected chi connectivity index (χ3v) is 6.68. The first-order chi connectivity index (χ1) is 15.7. The van der Waals surface area contributed by atoms with Gasteiger partial charge in [-0.3, -0.25) is 9.55 Å². The van der Waals surface area contributed by atoms with E-state index in [1.807, 2.05) is 32.0 Å². The number of pyridine rings is 2. The summed E-state index contributed by atoms with van der Waals surface area (Å²) in [4.78, 5) is 26.9. The predicted molar refractivity (Wildman–Crippen MR) is 132 cm³/mol. The molecule has 0 unspecified atom stereocenters. The summed E-state index contributed by atoms with van der Waals surface area (Å²) in [5, 5.41) is 2.12. The molecule has 2 aromatic heterocycles. The van der Waals surface area contributed by atoms with Crippen LogP contribution >= 0.6 is 7.60 Å². The number of aromatic nitrogens is 2. The largest absolute Gasteiger partial charge is 0.494 e. The molecule has 0 fully saturated rings. The molecule has 33 heavy (non-hydrogen) atoms. The van der Waals surface area contributed by atoms with Crippen molar-refractivity contribution in [1.82, 2.24) is 9.97 Å². The molecular weight excluding hydrogens is 437 g/mol. The quantitative estimate of drug-likeness (QED) is 0.196. The molecule has 4 N–H and O–H groups in total. The minimum Gasteiger partial charge on any atom is -0.494 e. The summed E-state index contributed by atoms with van der Waals surface area (Å²) in [5.41, 5.74) is 12.5. The first-order valence-corrected chi connectivity index (χ1v) is 12.7. The highest BCUT2D eigenvalue weighted by Crippen LogP contribution is 2.35. The van der Waals surface area contributed by atoms with E-state index in [1.54, 1.807) is 6.20 Å². The highest BCUT2D eigenvalue weighted by molar-refractivity contribution is 7.51. The van der Waals surface area contributed by atoms with E-state index in [4.69, 9.17) is 20.3 Å². The van der Waals surface area contributed by atoms with Crippen molar-refractivity contribution in [3.05, 3.63) is 70.9 Å². The highest BCUT2D eigenvalue weighted by atomic mass is 31.2. The topological polar surface area (TPSA) is 119 Å². The standard InChI is InChI=1S/C25H28N3O4P/c1-16-4-9-21-22(14-16)28-25(26)24-23(21)19(10-11-27-24)6-5-18-7-8-20(15-17(18)2)32-12-3-13-33(29,30)31/h4,7-11,14-15H,3,5-6,12-13H2,1-2H3,(H2,26,28)(H2,29,30,31). The Morgan fingerprint density at radius 2 is 1.82 bits per heavy atom. The van der Waals surface area contributed by atoms with Crippen molar-refractivity contribution in [2.24, 2.45) is 0 Å². The Labute approximate surface area is 192 Å². The normalized spacial score (nSPS) is 11.9. The Bertz CT molecular complexity index is 1370. The van der Waals surface area contributed by atoms with Crippen LogP contribution in [0, 0.1) is 13.8 Å². The molecule has 0 spiro atoms. The minimum absolute atomic E-state index is 0.168. The minimum atomic E-state index is -3.98. The first kappa shape index (κ1) is 23.2. The second-order valence-electron chi connectivity index (χ2n) is 8.39. The molecule has 0 saturated heterocycles. The van der Waals surface area contributed by atoms with Gasteiger partial charge in [-0.1, -0.05) is 18.2 Å². The van der Waals surface area contributed by atoms with Crippen LogP contribution < -0.4 is 10.5 Å². The van der Waals surface area contributed by atoms with E-state index >= 15 is 0 Å². The number of hydrogen-bond acceptors (Lipinski definition) is 5. The Kier molecular flexibility index (Phi) is 6.66. The lowest BCUT2D eigenvalue weighted by atomic mass is 9.96. The molecule has 0 atom stereocenters.